The maximum absolute atomic E-state index is 13.6. The lowest BCUT2D eigenvalue weighted by molar-refractivity contribution is -0.384. The van der Waals surface area contributed by atoms with Crippen molar-refractivity contribution in [3.05, 3.63) is 74.8 Å². The standard InChI is InChI=1S/C20H18FN3O4S/c1-2-28-11-10-23-17-8-7-15(21)13-18(17)29-20(23)22-19(25)9-6-14-4-3-5-16(12-14)24(26)27/h3-9,12-13H,2,10-11H2,1H3/b9-6+,22-20?. The molecule has 0 radical (unpaired) electrons. The van der Waals surface area contributed by atoms with Crippen LogP contribution in [0.2, 0.25) is 0 Å². The molecule has 1 amide bonds. The van der Waals surface area contributed by atoms with Crippen LogP contribution in [0.15, 0.2) is 53.5 Å². The van der Waals surface area contributed by atoms with Crippen LogP contribution < -0.4 is 4.80 Å². The minimum atomic E-state index is -0.520. The van der Waals surface area contributed by atoms with Crippen LogP contribution in [0.3, 0.4) is 0 Å². The van der Waals surface area contributed by atoms with E-state index in [0.29, 0.717) is 34.8 Å². The number of ether oxygens (including phenoxy) is 1. The van der Waals surface area contributed by atoms with E-state index in [2.05, 4.69) is 4.99 Å². The van der Waals surface area contributed by atoms with Gasteiger partial charge in [0.15, 0.2) is 4.80 Å². The Labute approximate surface area is 169 Å². The van der Waals surface area contributed by atoms with Crippen molar-refractivity contribution in [2.45, 2.75) is 13.5 Å². The number of nitrogens with zero attached hydrogens (tertiary/aromatic N) is 3. The average Bonchev–Trinajstić information content (AvgIpc) is 3.03. The van der Waals surface area contributed by atoms with Crippen molar-refractivity contribution < 1.29 is 18.8 Å². The predicted molar refractivity (Wildman–Crippen MR) is 109 cm³/mol. The Morgan fingerprint density at radius 1 is 1.34 bits per heavy atom. The van der Waals surface area contributed by atoms with E-state index in [1.54, 1.807) is 18.2 Å². The van der Waals surface area contributed by atoms with E-state index in [4.69, 9.17) is 4.74 Å². The van der Waals surface area contributed by atoms with Crippen LogP contribution in [0.1, 0.15) is 12.5 Å². The summed E-state index contributed by atoms with van der Waals surface area (Å²) in [6.07, 6.45) is 2.72. The van der Waals surface area contributed by atoms with Gasteiger partial charge in [0.2, 0.25) is 0 Å². The number of non-ortho nitro benzene ring substituents is 1. The minimum Gasteiger partial charge on any atom is -0.380 e. The molecule has 2 aromatic carbocycles. The van der Waals surface area contributed by atoms with E-state index in [1.807, 2.05) is 11.5 Å². The Balaban J connectivity index is 1.91. The fourth-order valence-electron chi connectivity index (χ4n) is 2.69. The molecule has 29 heavy (non-hydrogen) atoms. The van der Waals surface area contributed by atoms with Gasteiger partial charge >= 0.3 is 0 Å². The van der Waals surface area contributed by atoms with Crippen LogP contribution in [0.4, 0.5) is 10.1 Å². The van der Waals surface area contributed by atoms with E-state index in [0.717, 1.165) is 5.52 Å². The molecule has 150 valence electrons. The number of fused-ring (bicyclic) bond motifs is 1. The number of thiazole rings is 1. The number of hydrogen-bond acceptors (Lipinski definition) is 5. The fraction of sp³-hybridized carbons (Fsp3) is 0.200. The smallest absolute Gasteiger partial charge is 0.272 e. The lowest BCUT2D eigenvalue weighted by Crippen LogP contribution is -2.19. The number of carbonyl (C=O) groups is 1. The summed E-state index contributed by atoms with van der Waals surface area (Å²) in [5, 5.41) is 10.8. The number of carbonyl (C=O) groups excluding carboxylic acids is 1. The van der Waals surface area contributed by atoms with Gasteiger partial charge in [0.05, 0.1) is 21.7 Å². The second kappa shape index (κ2) is 9.35. The Morgan fingerprint density at radius 2 is 2.17 bits per heavy atom. The van der Waals surface area contributed by atoms with Crippen LogP contribution in [-0.4, -0.2) is 28.6 Å². The predicted octanol–water partition coefficient (Wildman–Crippen LogP) is 3.93. The first-order valence-electron chi connectivity index (χ1n) is 8.86. The normalized spacial score (nSPS) is 12.1. The fourth-order valence-corrected chi connectivity index (χ4v) is 3.78. The van der Waals surface area contributed by atoms with Gasteiger partial charge in [-0.1, -0.05) is 23.5 Å². The lowest BCUT2D eigenvalue weighted by Gasteiger charge is -2.05. The van der Waals surface area contributed by atoms with Gasteiger partial charge < -0.3 is 9.30 Å². The number of rotatable bonds is 7. The summed E-state index contributed by atoms with van der Waals surface area (Å²) >= 11 is 1.21. The highest BCUT2D eigenvalue weighted by molar-refractivity contribution is 7.16. The molecular weight excluding hydrogens is 397 g/mol. The molecule has 0 aliphatic carbocycles. The van der Waals surface area contributed by atoms with E-state index in [9.17, 15) is 19.3 Å². The molecule has 1 aromatic heterocycles. The van der Waals surface area contributed by atoms with Crippen LogP contribution in [0.5, 0.6) is 0 Å². The molecule has 3 aromatic rings. The third-order valence-corrected chi connectivity index (χ3v) is 5.05. The summed E-state index contributed by atoms with van der Waals surface area (Å²) in [5.41, 5.74) is 1.23. The molecule has 0 unspecified atom stereocenters. The number of amides is 1. The third kappa shape index (κ3) is 5.21. The van der Waals surface area contributed by atoms with Gasteiger partial charge in [-0.3, -0.25) is 14.9 Å². The summed E-state index contributed by atoms with van der Waals surface area (Å²) < 4.78 is 21.4. The summed E-state index contributed by atoms with van der Waals surface area (Å²) in [7, 11) is 0. The quantitative estimate of drug-likeness (QED) is 0.253. The summed E-state index contributed by atoms with van der Waals surface area (Å²) in [6, 6.07) is 10.4. The molecule has 0 N–H and O–H groups in total. The highest BCUT2D eigenvalue weighted by Gasteiger charge is 2.09. The maximum Gasteiger partial charge on any atom is 0.272 e. The van der Waals surface area contributed by atoms with E-state index >= 15 is 0 Å². The molecule has 0 aliphatic rings. The molecule has 0 aliphatic heterocycles. The summed E-state index contributed by atoms with van der Waals surface area (Å²) in [6.45, 7) is 3.36. The van der Waals surface area contributed by atoms with E-state index in [-0.39, 0.29) is 11.5 Å². The van der Waals surface area contributed by atoms with Crippen LogP contribution in [0.25, 0.3) is 16.3 Å². The van der Waals surface area contributed by atoms with Crippen molar-refractivity contribution in [3.8, 4) is 0 Å². The van der Waals surface area contributed by atoms with Crippen molar-refractivity contribution >= 4 is 39.2 Å². The molecule has 9 heteroatoms. The van der Waals surface area contributed by atoms with Crippen LogP contribution in [0, 0.1) is 15.9 Å². The van der Waals surface area contributed by atoms with Gasteiger partial charge in [0, 0.05) is 31.4 Å². The number of nitro benzene ring substituents is 1. The minimum absolute atomic E-state index is 0.0585. The van der Waals surface area contributed by atoms with Gasteiger partial charge in [-0.25, -0.2) is 4.39 Å². The Morgan fingerprint density at radius 3 is 2.93 bits per heavy atom. The Hall–Kier alpha value is -3.17. The molecule has 0 atom stereocenters. The molecule has 3 rings (SSSR count). The van der Waals surface area contributed by atoms with Gasteiger partial charge in [-0.2, -0.15) is 4.99 Å². The van der Waals surface area contributed by atoms with E-state index in [1.165, 1.54) is 47.8 Å². The molecular formula is C20H18FN3O4S. The van der Waals surface area contributed by atoms with Gasteiger partial charge in [-0.15, -0.1) is 0 Å². The zero-order valence-corrected chi connectivity index (χ0v) is 16.4. The number of halogens is 1. The Bertz CT molecular complexity index is 1150. The summed E-state index contributed by atoms with van der Waals surface area (Å²) in [4.78, 5) is 27.2. The van der Waals surface area contributed by atoms with E-state index < -0.39 is 10.8 Å². The average molecular weight is 415 g/mol. The van der Waals surface area contributed by atoms with Crippen molar-refractivity contribution in [2.24, 2.45) is 4.99 Å². The second-order valence-electron chi connectivity index (χ2n) is 5.98. The summed E-state index contributed by atoms with van der Waals surface area (Å²) in [5.74, 6) is -0.882. The molecule has 1 heterocycles. The number of hydrogen-bond donors (Lipinski definition) is 0. The van der Waals surface area contributed by atoms with Crippen molar-refractivity contribution in [1.29, 1.82) is 0 Å². The highest BCUT2D eigenvalue weighted by Crippen LogP contribution is 2.19. The molecule has 0 bridgehead atoms. The zero-order valence-electron chi connectivity index (χ0n) is 15.6. The third-order valence-electron chi connectivity index (χ3n) is 4.01. The molecule has 7 nitrogen and oxygen atoms in total. The zero-order chi connectivity index (χ0) is 20.8. The van der Waals surface area contributed by atoms with Crippen molar-refractivity contribution in [2.75, 3.05) is 13.2 Å². The SMILES string of the molecule is CCOCCn1c(=NC(=O)/C=C/c2cccc([N+](=O)[O-])c2)sc2cc(F)ccc21. The second-order valence-corrected chi connectivity index (χ2v) is 6.99. The maximum atomic E-state index is 13.6. The lowest BCUT2D eigenvalue weighted by atomic mass is 10.2. The van der Waals surface area contributed by atoms with Crippen LogP contribution >= 0.6 is 11.3 Å². The first-order chi connectivity index (χ1) is 14.0. The van der Waals surface area contributed by atoms with Gasteiger partial charge in [-0.05, 0) is 36.8 Å². The van der Waals surface area contributed by atoms with Gasteiger partial charge in [0.25, 0.3) is 11.6 Å². The molecule has 0 spiro atoms. The first-order valence-corrected chi connectivity index (χ1v) is 9.67. The topological polar surface area (TPSA) is 86.7 Å². The number of aromatic nitrogens is 1. The first kappa shape index (κ1) is 20.6. The monoisotopic (exact) mass is 415 g/mol. The highest BCUT2D eigenvalue weighted by atomic mass is 32.1. The number of nitro groups is 1. The molecule has 0 fully saturated rings. The molecule has 0 saturated carbocycles. The van der Waals surface area contributed by atoms with Crippen LogP contribution in [-0.2, 0) is 16.1 Å². The largest absolute Gasteiger partial charge is 0.380 e. The molecule has 0 saturated heterocycles. The van der Waals surface area contributed by atoms with Crippen molar-refractivity contribution in [3.63, 3.8) is 0 Å². The Kier molecular flexibility index (Phi) is 6.63. The van der Waals surface area contributed by atoms with Crippen molar-refractivity contribution in [1.82, 2.24) is 4.57 Å². The van der Waals surface area contributed by atoms with Gasteiger partial charge in [0.1, 0.15) is 5.82 Å². The number of benzene rings is 2.